The molecule has 1 heterocycles. The second kappa shape index (κ2) is 9.43. The van der Waals surface area contributed by atoms with Crippen LogP contribution in [0.5, 0.6) is 0 Å². The summed E-state index contributed by atoms with van der Waals surface area (Å²) in [5, 5.41) is 4.52. The van der Waals surface area contributed by atoms with Crippen LogP contribution in [0.25, 0.3) is 6.08 Å². The van der Waals surface area contributed by atoms with Crippen LogP contribution in [0.3, 0.4) is 0 Å². The van der Waals surface area contributed by atoms with Crippen LogP contribution in [-0.4, -0.2) is 24.3 Å². The van der Waals surface area contributed by atoms with Crippen molar-refractivity contribution in [1.82, 2.24) is 0 Å². The van der Waals surface area contributed by atoms with Crippen molar-refractivity contribution in [2.75, 3.05) is 11.9 Å². The summed E-state index contributed by atoms with van der Waals surface area (Å²) in [6.45, 7) is -0.443. The van der Waals surface area contributed by atoms with Gasteiger partial charge in [0.15, 0.2) is 12.4 Å². The zero-order valence-corrected chi connectivity index (χ0v) is 15.6. The molecule has 28 heavy (non-hydrogen) atoms. The highest BCUT2D eigenvalue weighted by Gasteiger charge is 2.15. The average Bonchev–Trinajstić information content (AvgIpc) is 3.25. The Hall–Kier alpha value is -3.51. The van der Waals surface area contributed by atoms with E-state index in [-0.39, 0.29) is 5.78 Å². The van der Waals surface area contributed by atoms with Gasteiger partial charge >= 0.3 is 5.97 Å². The van der Waals surface area contributed by atoms with Crippen molar-refractivity contribution < 1.29 is 19.1 Å². The number of ketones is 1. The molecule has 0 fully saturated rings. The van der Waals surface area contributed by atoms with Gasteiger partial charge in [0.2, 0.25) is 0 Å². The first-order valence-corrected chi connectivity index (χ1v) is 9.38. The number of ether oxygens (including phenoxy) is 1. The normalized spacial score (nSPS) is 10.6. The molecule has 0 radical (unpaired) electrons. The minimum absolute atomic E-state index is 0.202. The van der Waals surface area contributed by atoms with Gasteiger partial charge in [-0.05, 0) is 29.7 Å². The number of benzene rings is 2. The fourth-order valence-electron chi connectivity index (χ4n) is 2.44. The summed E-state index contributed by atoms with van der Waals surface area (Å²) in [4.78, 5) is 37.4. The molecule has 0 unspecified atom stereocenters. The highest BCUT2D eigenvalue weighted by molar-refractivity contribution is 7.10. The van der Waals surface area contributed by atoms with Crippen molar-refractivity contribution >= 4 is 40.8 Å². The third kappa shape index (κ3) is 5.25. The fraction of sp³-hybridized carbons (Fsp3) is 0.0455. The molecule has 1 amide bonds. The lowest BCUT2D eigenvalue weighted by molar-refractivity contribution is -0.142. The predicted octanol–water partition coefficient (Wildman–Crippen LogP) is 4.17. The molecule has 2 aromatic carbocycles. The maximum atomic E-state index is 12.7. The highest BCUT2D eigenvalue weighted by Crippen LogP contribution is 2.19. The monoisotopic (exact) mass is 391 g/mol. The van der Waals surface area contributed by atoms with Crippen LogP contribution in [0, 0.1) is 0 Å². The maximum Gasteiger partial charge on any atom is 0.331 e. The van der Waals surface area contributed by atoms with Gasteiger partial charge in [-0.3, -0.25) is 9.59 Å². The van der Waals surface area contributed by atoms with E-state index in [4.69, 9.17) is 4.74 Å². The summed E-state index contributed by atoms with van der Waals surface area (Å²) < 4.78 is 4.94. The zero-order valence-electron chi connectivity index (χ0n) is 14.8. The lowest BCUT2D eigenvalue weighted by Crippen LogP contribution is -2.21. The molecule has 0 aliphatic carbocycles. The van der Waals surface area contributed by atoms with Crippen LogP contribution in [0.4, 0.5) is 5.69 Å². The second-order valence-electron chi connectivity index (χ2n) is 5.75. The van der Waals surface area contributed by atoms with E-state index in [1.165, 1.54) is 17.4 Å². The van der Waals surface area contributed by atoms with Crippen LogP contribution < -0.4 is 5.32 Å². The molecule has 0 bridgehead atoms. The molecule has 5 nitrogen and oxygen atoms in total. The lowest BCUT2D eigenvalue weighted by atomic mass is 10.0. The Morgan fingerprint density at radius 1 is 0.929 bits per heavy atom. The molecular formula is C22H17NO4S. The van der Waals surface area contributed by atoms with Crippen molar-refractivity contribution in [2.45, 2.75) is 0 Å². The second-order valence-corrected chi connectivity index (χ2v) is 6.72. The lowest BCUT2D eigenvalue weighted by Gasteiger charge is -2.10. The van der Waals surface area contributed by atoms with E-state index in [9.17, 15) is 14.4 Å². The standard InChI is InChI=1S/C22H17NO4S/c24-20(15-27-21(25)13-12-17-9-6-14-28-17)23-19-11-5-4-10-18(19)22(26)16-7-2-1-3-8-16/h1-14H,15H2,(H,23,24)/b13-12+. The Morgan fingerprint density at radius 3 is 2.43 bits per heavy atom. The number of para-hydroxylation sites is 1. The third-order valence-corrected chi connectivity index (χ3v) is 4.59. The van der Waals surface area contributed by atoms with Gasteiger partial charge < -0.3 is 10.1 Å². The summed E-state index contributed by atoms with van der Waals surface area (Å²) in [7, 11) is 0. The van der Waals surface area contributed by atoms with Gasteiger partial charge in [0.1, 0.15) is 0 Å². The minimum Gasteiger partial charge on any atom is -0.452 e. The van der Waals surface area contributed by atoms with Gasteiger partial charge in [0, 0.05) is 22.1 Å². The first kappa shape index (κ1) is 19.3. The molecule has 0 atom stereocenters. The van der Waals surface area contributed by atoms with E-state index >= 15 is 0 Å². The van der Waals surface area contributed by atoms with Gasteiger partial charge in [-0.1, -0.05) is 48.5 Å². The average molecular weight is 391 g/mol. The van der Waals surface area contributed by atoms with Gasteiger partial charge in [-0.15, -0.1) is 11.3 Å². The molecule has 3 rings (SSSR count). The van der Waals surface area contributed by atoms with E-state index in [1.54, 1.807) is 54.6 Å². The number of amides is 1. The number of hydrogen-bond donors (Lipinski definition) is 1. The summed E-state index contributed by atoms with van der Waals surface area (Å²) in [5.41, 5.74) is 1.26. The van der Waals surface area contributed by atoms with Crippen LogP contribution in [-0.2, 0) is 14.3 Å². The Kier molecular flexibility index (Phi) is 6.49. The van der Waals surface area contributed by atoms with Crippen molar-refractivity contribution in [2.24, 2.45) is 0 Å². The summed E-state index contributed by atoms with van der Waals surface area (Å²) >= 11 is 1.49. The molecule has 1 N–H and O–H groups in total. The van der Waals surface area contributed by atoms with Crippen LogP contribution in [0.2, 0.25) is 0 Å². The van der Waals surface area contributed by atoms with E-state index in [0.29, 0.717) is 16.8 Å². The number of rotatable bonds is 7. The number of carbonyl (C=O) groups is 3. The Labute approximate surface area is 166 Å². The van der Waals surface area contributed by atoms with Gasteiger partial charge in [0.05, 0.1) is 5.69 Å². The van der Waals surface area contributed by atoms with Crippen molar-refractivity contribution in [3.63, 3.8) is 0 Å². The first-order chi connectivity index (χ1) is 13.6. The SMILES string of the molecule is O=C(COC(=O)/C=C/c1cccs1)Nc1ccccc1C(=O)c1ccccc1. The molecule has 0 saturated heterocycles. The zero-order chi connectivity index (χ0) is 19.8. The number of carbonyl (C=O) groups excluding carboxylic acids is 3. The topological polar surface area (TPSA) is 72.5 Å². The largest absolute Gasteiger partial charge is 0.452 e. The van der Waals surface area contributed by atoms with Gasteiger partial charge in [0.25, 0.3) is 5.91 Å². The highest BCUT2D eigenvalue weighted by atomic mass is 32.1. The number of nitrogens with one attached hydrogen (secondary N) is 1. The number of thiophene rings is 1. The molecule has 6 heteroatoms. The molecule has 0 aliphatic rings. The third-order valence-electron chi connectivity index (χ3n) is 3.75. The number of hydrogen-bond acceptors (Lipinski definition) is 5. The van der Waals surface area contributed by atoms with E-state index in [2.05, 4.69) is 5.32 Å². The molecular weight excluding hydrogens is 374 g/mol. The molecule has 1 aromatic heterocycles. The quantitative estimate of drug-likeness (QED) is 0.373. The Bertz CT molecular complexity index is 994. The minimum atomic E-state index is -0.614. The smallest absolute Gasteiger partial charge is 0.331 e. The van der Waals surface area contributed by atoms with Crippen molar-refractivity contribution in [3.05, 3.63) is 94.2 Å². The maximum absolute atomic E-state index is 12.7. The molecule has 3 aromatic rings. The molecule has 0 aliphatic heterocycles. The molecule has 0 spiro atoms. The summed E-state index contributed by atoms with van der Waals surface area (Å²) in [6, 6.07) is 19.2. The molecule has 140 valence electrons. The van der Waals surface area contributed by atoms with Gasteiger partial charge in [-0.25, -0.2) is 4.79 Å². The van der Waals surface area contributed by atoms with Gasteiger partial charge in [-0.2, -0.15) is 0 Å². The van der Waals surface area contributed by atoms with Crippen LogP contribution in [0.15, 0.2) is 78.2 Å². The predicted molar refractivity (Wildman–Crippen MR) is 109 cm³/mol. The number of esters is 1. The summed E-state index contributed by atoms with van der Waals surface area (Å²) in [6.07, 6.45) is 2.89. The van der Waals surface area contributed by atoms with E-state index < -0.39 is 18.5 Å². The van der Waals surface area contributed by atoms with Crippen molar-refractivity contribution in [1.29, 1.82) is 0 Å². The van der Waals surface area contributed by atoms with Crippen LogP contribution >= 0.6 is 11.3 Å². The van der Waals surface area contributed by atoms with Crippen molar-refractivity contribution in [3.8, 4) is 0 Å². The Morgan fingerprint density at radius 2 is 1.68 bits per heavy atom. The summed E-state index contributed by atoms with van der Waals surface area (Å²) in [5.74, 6) is -1.34. The Balaban J connectivity index is 1.60. The number of anilines is 1. The first-order valence-electron chi connectivity index (χ1n) is 8.50. The molecule has 0 saturated carbocycles. The van der Waals surface area contributed by atoms with E-state index in [0.717, 1.165) is 4.88 Å². The van der Waals surface area contributed by atoms with Crippen LogP contribution in [0.1, 0.15) is 20.8 Å². The fourth-order valence-corrected chi connectivity index (χ4v) is 3.06. The van der Waals surface area contributed by atoms with E-state index in [1.807, 2.05) is 23.6 Å².